The Hall–Kier alpha value is -1.14. The minimum absolute atomic E-state index is 0.0934. The van der Waals surface area contributed by atoms with E-state index in [0.717, 1.165) is 25.0 Å². The van der Waals surface area contributed by atoms with Gasteiger partial charge in [0.1, 0.15) is 11.6 Å². The number of Topliss-reactive ketones (excluding diaryl/α,β-unsaturated/α-hetero) is 1. The summed E-state index contributed by atoms with van der Waals surface area (Å²) < 4.78 is 43.8. The Balaban J connectivity index is 2.05. The summed E-state index contributed by atoms with van der Waals surface area (Å²) in [5.41, 5.74) is -0.223. The second-order valence-electron chi connectivity index (χ2n) is 4.81. The van der Waals surface area contributed by atoms with Crippen LogP contribution in [0.5, 0.6) is 0 Å². The zero-order chi connectivity index (χ0) is 14.7. The SMILES string of the molecule is CC(C(=O)c1ccc(F)cc1F)S(=O)CC1CCCO1. The molecule has 0 radical (unpaired) electrons. The lowest BCUT2D eigenvalue weighted by Gasteiger charge is -2.14. The molecule has 3 nitrogen and oxygen atoms in total. The van der Waals surface area contributed by atoms with E-state index in [1.54, 1.807) is 0 Å². The van der Waals surface area contributed by atoms with Crippen LogP contribution in [0, 0.1) is 11.6 Å². The molecule has 0 bridgehead atoms. The minimum Gasteiger partial charge on any atom is -0.377 e. The largest absolute Gasteiger partial charge is 0.377 e. The quantitative estimate of drug-likeness (QED) is 0.785. The lowest BCUT2D eigenvalue weighted by molar-refractivity contribution is 0.0987. The highest BCUT2D eigenvalue weighted by Gasteiger charge is 2.27. The van der Waals surface area contributed by atoms with E-state index in [-0.39, 0.29) is 17.4 Å². The van der Waals surface area contributed by atoms with E-state index < -0.39 is 33.5 Å². The number of rotatable bonds is 5. The third-order valence-electron chi connectivity index (χ3n) is 3.33. The number of ether oxygens (including phenoxy) is 1. The van der Waals surface area contributed by atoms with Crippen molar-refractivity contribution < 1.29 is 22.5 Å². The van der Waals surface area contributed by atoms with Gasteiger partial charge in [0, 0.05) is 23.5 Å². The lowest BCUT2D eigenvalue weighted by atomic mass is 10.1. The average molecular weight is 302 g/mol. The van der Waals surface area contributed by atoms with E-state index in [0.29, 0.717) is 12.7 Å². The molecule has 6 heteroatoms. The van der Waals surface area contributed by atoms with Gasteiger partial charge in [-0.25, -0.2) is 8.78 Å². The molecule has 0 saturated carbocycles. The second-order valence-corrected chi connectivity index (χ2v) is 6.62. The number of hydrogen-bond donors (Lipinski definition) is 0. The van der Waals surface area contributed by atoms with Crippen LogP contribution in [0.15, 0.2) is 18.2 Å². The molecule has 1 heterocycles. The summed E-state index contributed by atoms with van der Waals surface area (Å²) in [7, 11) is -1.43. The first kappa shape index (κ1) is 15.3. The van der Waals surface area contributed by atoms with E-state index in [4.69, 9.17) is 4.74 Å². The van der Waals surface area contributed by atoms with Crippen LogP contribution in [0.2, 0.25) is 0 Å². The van der Waals surface area contributed by atoms with Crippen molar-refractivity contribution in [2.24, 2.45) is 0 Å². The van der Waals surface area contributed by atoms with Crippen LogP contribution in [-0.4, -0.2) is 33.7 Å². The first-order chi connectivity index (χ1) is 9.49. The van der Waals surface area contributed by atoms with E-state index in [1.807, 2.05) is 0 Å². The van der Waals surface area contributed by atoms with Crippen molar-refractivity contribution in [3.8, 4) is 0 Å². The van der Waals surface area contributed by atoms with Crippen LogP contribution in [0.25, 0.3) is 0 Å². The molecule has 1 saturated heterocycles. The van der Waals surface area contributed by atoms with E-state index in [9.17, 15) is 17.8 Å². The minimum atomic E-state index is -1.43. The van der Waals surface area contributed by atoms with Gasteiger partial charge in [-0.1, -0.05) is 0 Å². The fourth-order valence-electron chi connectivity index (χ4n) is 2.13. The van der Waals surface area contributed by atoms with Gasteiger partial charge in [-0.2, -0.15) is 0 Å². The highest BCUT2D eigenvalue weighted by molar-refractivity contribution is 7.86. The van der Waals surface area contributed by atoms with Crippen LogP contribution in [0.3, 0.4) is 0 Å². The Morgan fingerprint density at radius 2 is 2.25 bits per heavy atom. The van der Waals surface area contributed by atoms with Gasteiger partial charge < -0.3 is 4.74 Å². The fourth-order valence-corrected chi connectivity index (χ4v) is 3.41. The Labute approximate surface area is 118 Å². The standard InChI is InChI=1S/C14H16F2O3S/c1-9(20(18)8-11-3-2-6-19-11)14(17)12-5-4-10(15)7-13(12)16/h4-5,7,9,11H,2-3,6,8H2,1H3. The third kappa shape index (κ3) is 3.49. The number of hydrogen-bond acceptors (Lipinski definition) is 3. The summed E-state index contributed by atoms with van der Waals surface area (Å²) in [6.07, 6.45) is 1.66. The molecular weight excluding hydrogens is 286 g/mol. The molecule has 1 aliphatic rings. The van der Waals surface area contributed by atoms with Crippen LogP contribution in [0.1, 0.15) is 30.1 Å². The van der Waals surface area contributed by atoms with Gasteiger partial charge in [0.15, 0.2) is 5.78 Å². The molecule has 0 aliphatic carbocycles. The van der Waals surface area contributed by atoms with Crippen LogP contribution in [0.4, 0.5) is 8.78 Å². The highest BCUT2D eigenvalue weighted by Crippen LogP contribution is 2.18. The molecule has 3 unspecified atom stereocenters. The molecule has 1 aromatic carbocycles. The van der Waals surface area contributed by atoms with Gasteiger partial charge in [0.2, 0.25) is 0 Å². The molecule has 110 valence electrons. The molecular formula is C14H16F2O3S. The van der Waals surface area contributed by atoms with E-state index in [2.05, 4.69) is 0 Å². The highest BCUT2D eigenvalue weighted by atomic mass is 32.2. The van der Waals surface area contributed by atoms with Crippen LogP contribution < -0.4 is 0 Å². The fraction of sp³-hybridized carbons (Fsp3) is 0.500. The first-order valence-electron chi connectivity index (χ1n) is 6.47. The van der Waals surface area contributed by atoms with Gasteiger partial charge in [0.25, 0.3) is 0 Å². The molecule has 20 heavy (non-hydrogen) atoms. The molecule has 1 fully saturated rings. The number of ketones is 1. The van der Waals surface area contributed by atoms with Gasteiger partial charge in [-0.3, -0.25) is 9.00 Å². The second kappa shape index (κ2) is 6.54. The Kier molecular flexibility index (Phi) is 4.99. The smallest absolute Gasteiger partial charge is 0.181 e. The van der Waals surface area contributed by atoms with E-state index in [1.165, 1.54) is 6.92 Å². The third-order valence-corrected chi connectivity index (χ3v) is 5.04. The Bertz CT molecular complexity index is 527. The van der Waals surface area contributed by atoms with Crippen molar-refractivity contribution in [3.05, 3.63) is 35.4 Å². The summed E-state index contributed by atoms with van der Waals surface area (Å²) >= 11 is 0. The average Bonchev–Trinajstić information content (AvgIpc) is 2.90. The predicted octanol–water partition coefficient (Wildman–Crippen LogP) is 2.46. The van der Waals surface area contributed by atoms with Crippen LogP contribution >= 0.6 is 0 Å². The van der Waals surface area contributed by atoms with Gasteiger partial charge >= 0.3 is 0 Å². The lowest BCUT2D eigenvalue weighted by Crippen LogP contribution is -2.29. The van der Waals surface area contributed by atoms with Crippen molar-refractivity contribution in [1.29, 1.82) is 0 Å². The van der Waals surface area contributed by atoms with Crippen molar-refractivity contribution >= 4 is 16.6 Å². The Morgan fingerprint density at radius 3 is 2.85 bits per heavy atom. The number of benzene rings is 1. The topological polar surface area (TPSA) is 43.4 Å². The molecule has 1 aliphatic heterocycles. The molecule has 1 aromatic rings. The normalized spacial score (nSPS) is 21.6. The van der Waals surface area contributed by atoms with E-state index >= 15 is 0 Å². The summed E-state index contributed by atoms with van der Waals surface area (Å²) in [5.74, 6) is -1.96. The van der Waals surface area contributed by atoms with Gasteiger partial charge in [-0.15, -0.1) is 0 Å². The van der Waals surface area contributed by atoms with Gasteiger partial charge in [-0.05, 0) is 31.9 Å². The zero-order valence-corrected chi connectivity index (χ0v) is 11.9. The van der Waals surface area contributed by atoms with Crippen molar-refractivity contribution in [3.63, 3.8) is 0 Å². The molecule has 0 N–H and O–H groups in total. The summed E-state index contributed by atoms with van der Waals surface area (Å²) in [6, 6.07) is 2.77. The summed E-state index contributed by atoms with van der Waals surface area (Å²) in [5, 5.41) is -0.834. The van der Waals surface area contributed by atoms with Crippen molar-refractivity contribution in [1.82, 2.24) is 0 Å². The predicted molar refractivity (Wildman–Crippen MR) is 72.1 cm³/mol. The first-order valence-corrected chi connectivity index (χ1v) is 7.85. The summed E-state index contributed by atoms with van der Waals surface area (Å²) in [4.78, 5) is 12.1. The van der Waals surface area contributed by atoms with Gasteiger partial charge in [0.05, 0.1) is 22.7 Å². The Morgan fingerprint density at radius 1 is 1.50 bits per heavy atom. The number of carbonyl (C=O) groups is 1. The van der Waals surface area contributed by atoms with Crippen molar-refractivity contribution in [2.45, 2.75) is 31.1 Å². The molecule has 0 spiro atoms. The molecule has 0 aromatic heterocycles. The summed E-state index contributed by atoms with van der Waals surface area (Å²) in [6.45, 7) is 2.15. The maximum atomic E-state index is 13.5. The molecule has 3 atom stereocenters. The maximum absolute atomic E-state index is 13.5. The number of halogens is 2. The molecule has 0 amide bonds. The molecule has 2 rings (SSSR count). The van der Waals surface area contributed by atoms with Crippen LogP contribution in [-0.2, 0) is 15.5 Å². The zero-order valence-electron chi connectivity index (χ0n) is 11.1. The number of carbonyl (C=O) groups excluding carboxylic acids is 1. The maximum Gasteiger partial charge on any atom is 0.181 e. The van der Waals surface area contributed by atoms with Crippen molar-refractivity contribution in [2.75, 3.05) is 12.4 Å². The monoisotopic (exact) mass is 302 g/mol.